The molecule has 0 saturated carbocycles. The number of nitrogens with zero attached hydrogens (tertiary/aromatic N) is 2. The van der Waals surface area contributed by atoms with Gasteiger partial charge >= 0.3 is 0 Å². The van der Waals surface area contributed by atoms with Gasteiger partial charge in [0.15, 0.2) is 0 Å². The van der Waals surface area contributed by atoms with Crippen molar-refractivity contribution in [2.45, 2.75) is 13.1 Å². The molecule has 2 aromatic carbocycles. The standard InChI is InChI=1S/C19H24FN3O/c1-22(14-17-9-5-6-10-18(17)20)19(24)15-23(12-11-21)13-16-7-3-2-4-8-16/h2-10H,11-15,21H2,1H3. The van der Waals surface area contributed by atoms with E-state index in [1.54, 1.807) is 30.1 Å². The van der Waals surface area contributed by atoms with E-state index in [0.717, 1.165) is 5.56 Å². The van der Waals surface area contributed by atoms with Crippen LogP contribution in [-0.2, 0) is 17.9 Å². The summed E-state index contributed by atoms with van der Waals surface area (Å²) < 4.78 is 13.7. The number of hydrogen-bond donors (Lipinski definition) is 1. The molecule has 0 heterocycles. The molecule has 5 heteroatoms. The van der Waals surface area contributed by atoms with E-state index >= 15 is 0 Å². The molecule has 0 aliphatic rings. The van der Waals surface area contributed by atoms with Crippen molar-refractivity contribution in [1.82, 2.24) is 9.80 Å². The normalized spacial score (nSPS) is 10.8. The number of benzene rings is 2. The first-order chi connectivity index (χ1) is 11.6. The summed E-state index contributed by atoms with van der Waals surface area (Å²) in [6, 6.07) is 16.5. The monoisotopic (exact) mass is 329 g/mol. The third-order valence-electron chi connectivity index (χ3n) is 3.84. The summed E-state index contributed by atoms with van der Waals surface area (Å²) in [4.78, 5) is 16.0. The molecule has 0 radical (unpaired) electrons. The van der Waals surface area contributed by atoms with Crippen LogP contribution in [0.2, 0.25) is 0 Å². The number of hydrogen-bond acceptors (Lipinski definition) is 3. The Kier molecular flexibility index (Phi) is 6.90. The number of carbonyl (C=O) groups is 1. The van der Waals surface area contributed by atoms with Crippen molar-refractivity contribution in [3.05, 3.63) is 71.5 Å². The first kappa shape index (κ1) is 18.1. The number of nitrogens with two attached hydrogens (primary N) is 1. The van der Waals surface area contributed by atoms with Crippen LogP contribution in [0, 0.1) is 5.82 Å². The molecule has 0 bridgehead atoms. The molecule has 0 aliphatic carbocycles. The Balaban J connectivity index is 1.95. The molecule has 0 atom stereocenters. The molecule has 4 nitrogen and oxygen atoms in total. The van der Waals surface area contributed by atoms with E-state index in [0.29, 0.717) is 25.2 Å². The Labute approximate surface area is 142 Å². The number of amides is 1. The molecule has 1 amide bonds. The van der Waals surface area contributed by atoms with Gasteiger partial charge in [-0.3, -0.25) is 9.69 Å². The van der Waals surface area contributed by atoms with E-state index < -0.39 is 0 Å². The predicted octanol–water partition coefficient (Wildman–Crippen LogP) is 2.25. The van der Waals surface area contributed by atoms with Crippen LogP contribution in [0.15, 0.2) is 54.6 Å². The molecule has 0 aliphatic heterocycles. The zero-order chi connectivity index (χ0) is 17.4. The lowest BCUT2D eigenvalue weighted by Gasteiger charge is -2.25. The third-order valence-corrected chi connectivity index (χ3v) is 3.84. The molecule has 24 heavy (non-hydrogen) atoms. The molecule has 0 fully saturated rings. The lowest BCUT2D eigenvalue weighted by Crippen LogP contribution is -2.40. The Bertz CT molecular complexity index is 648. The molecule has 128 valence electrons. The van der Waals surface area contributed by atoms with Gasteiger partial charge in [0.25, 0.3) is 0 Å². The maximum absolute atomic E-state index is 13.7. The lowest BCUT2D eigenvalue weighted by molar-refractivity contribution is -0.131. The number of carbonyl (C=O) groups excluding carboxylic acids is 1. The molecular weight excluding hydrogens is 305 g/mol. The first-order valence-corrected chi connectivity index (χ1v) is 8.04. The topological polar surface area (TPSA) is 49.6 Å². The summed E-state index contributed by atoms with van der Waals surface area (Å²) in [7, 11) is 1.69. The van der Waals surface area contributed by atoms with Crippen LogP contribution in [0.4, 0.5) is 4.39 Å². The van der Waals surface area contributed by atoms with Gasteiger partial charge in [0.05, 0.1) is 6.54 Å². The minimum absolute atomic E-state index is 0.0531. The van der Waals surface area contributed by atoms with Crippen molar-refractivity contribution in [2.24, 2.45) is 5.73 Å². The van der Waals surface area contributed by atoms with Crippen LogP contribution in [-0.4, -0.2) is 42.4 Å². The fraction of sp³-hybridized carbons (Fsp3) is 0.316. The highest BCUT2D eigenvalue weighted by Gasteiger charge is 2.16. The van der Waals surface area contributed by atoms with Crippen molar-refractivity contribution in [3.63, 3.8) is 0 Å². The summed E-state index contributed by atoms with van der Waals surface area (Å²) >= 11 is 0. The first-order valence-electron chi connectivity index (χ1n) is 8.04. The minimum Gasteiger partial charge on any atom is -0.340 e. The fourth-order valence-corrected chi connectivity index (χ4v) is 2.52. The van der Waals surface area contributed by atoms with Crippen molar-refractivity contribution >= 4 is 5.91 Å². The Morgan fingerprint density at radius 3 is 2.38 bits per heavy atom. The molecule has 0 unspecified atom stereocenters. The minimum atomic E-state index is -0.291. The summed E-state index contributed by atoms with van der Waals surface area (Å²) in [5.41, 5.74) is 7.31. The second kappa shape index (κ2) is 9.15. The maximum atomic E-state index is 13.7. The molecule has 2 aromatic rings. The highest BCUT2D eigenvalue weighted by atomic mass is 19.1. The van der Waals surface area contributed by atoms with Crippen LogP contribution in [0.1, 0.15) is 11.1 Å². The van der Waals surface area contributed by atoms with Gasteiger partial charge < -0.3 is 10.6 Å². The third kappa shape index (κ3) is 5.44. The van der Waals surface area contributed by atoms with E-state index in [4.69, 9.17) is 5.73 Å². The van der Waals surface area contributed by atoms with Crippen LogP contribution in [0.25, 0.3) is 0 Å². The lowest BCUT2D eigenvalue weighted by atomic mass is 10.2. The van der Waals surface area contributed by atoms with E-state index in [1.165, 1.54) is 6.07 Å². The number of halogens is 1. The molecule has 2 N–H and O–H groups in total. The van der Waals surface area contributed by atoms with E-state index in [2.05, 4.69) is 0 Å². The van der Waals surface area contributed by atoms with Gasteiger partial charge in [0, 0.05) is 38.8 Å². The largest absolute Gasteiger partial charge is 0.340 e. The second-order valence-corrected chi connectivity index (χ2v) is 5.83. The Morgan fingerprint density at radius 2 is 1.71 bits per heavy atom. The molecule has 2 rings (SSSR count). The van der Waals surface area contributed by atoms with E-state index in [-0.39, 0.29) is 24.8 Å². The quantitative estimate of drug-likeness (QED) is 0.808. The molecular formula is C19H24FN3O. The van der Waals surface area contributed by atoms with Gasteiger partial charge in [-0.15, -0.1) is 0 Å². The van der Waals surface area contributed by atoms with Gasteiger partial charge in [-0.05, 0) is 11.6 Å². The Morgan fingerprint density at radius 1 is 1.04 bits per heavy atom. The number of likely N-dealkylation sites (N-methyl/N-ethyl adjacent to an activating group) is 1. The zero-order valence-corrected chi connectivity index (χ0v) is 14.0. The van der Waals surface area contributed by atoms with Crippen LogP contribution in [0.5, 0.6) is 0 Å². The maximum Gasteiger partial charge on any atom is 0.236 e. The van der Waals surface area contributed by atoms with E-state index in [1.807, 2.05) is 35.2 Å². The van der Waals surface area contributed by atoms with Crippen molar-refractivity contribution in [3.8, 4) is 0 Å². The van der Waals surface area contributed by atoms with Gasteiger partial charge in [-0.2, -0.15) is 0 Å². The summed E-state index contributed by atoms with van der Waals surface area (Å²) in [6.45, 7) is 2.30. The average molecular weight is 329 g/mol. The van der Waals surface area contributed by atoms with Gasteiger partial charge in [-0.25, -0.2) is 4.39 Å². The Hall–Kier alpha value is -2.24. The second-order valence-electron chi connectivity index (χ2n) is 5.83. The van der Waals surface area contributed by atoms with E-state index in [9.17, 15) is 9.18 Å². The molecule has 0 spiro atoms. The van der Waals surface area contributed by atoms with Crippen LogP contribution < -0.4 is 5.73 Å². The summed E-state index contributed by atoms with van der Waals surface area (Å²) in [5.74, 6) is -0.345. The smallest absolute Gasteiger partial charge is 0.236 e. The van der Waals surface area contributed by atoms with Crippen molar-refractivity contribution < 1.29 is 9.18 Å². The molecule has 0 aromatic heterocycles. The van der Waals surface area contributed by atoms with Crippen LogP contribution >= 0.6 is 0 Å². The highest BCUT2D eigenvalue weighted by Crippen LogP contribution is 2.10. The SMILES string of the molecule is CN(Cc1ccccc1F)C(=O)CN(CCN)Cc1ccccc1. The van der Waals surface area contributed by atoms with Crippen LogP contribution in [0.3, 0.4) is 0 Å². The average Bonchev–Trinajstić information content (AvgIpc) is 2.58. The summed E-state index contributed by atoms with van der Waals surface area (Å²) in [6.07, 6.45) is 0. The highest BCUT2D eigenvalue weighted by molar-refractivity contribution is 5.78. The summed E-state index contributed by atoms with van der Waals surface area (Å²) in [5, 5.41) is 0. The fourth-order valence-electron chi connectivity index (χ4n) is 2.52. The van der Waals surface area contributed by atoms with Crippen molar-refractivity contribution in [2.75, 3.05) is 26.7 Å². The molecule has 0 saturated heterocycles. The van der Waals surface area contributed by atoms with Gasteiger partial charge in [0.1, 0.15) is 5.82 Å². The van der Waals surface area contributed by atoms with Gasteiger partial charge in [0.2, 0.25) is 5.91 Å². The number of rotatable bonds is 8. The van der Waals surface area contributed by atoms with Gasteiger partial charge in [-0.1, -0.05) is 48.5 Å². The van der Waals surface area contributed by atoms with Crippen molar-refractivity contribution in [1.29, 1.82) is 0 Å². The zero-order valence-electron chi connectivity index (χ0n) is 14.0. The predicted molar refractivity (Wildman–Crippen MR) is 93.6 cm³/mol.